The van der Waals surface area contributed by atoms with Gasteiger partial charge in [0.15, 0.2) is 0 Å². The number of benzene rings is 1. The van der Waals surface area contributed by atoms with E-state index in [0.717, 1.165) is 0 Å². The first-order chi connectivity index (χ1) is 4.74. The Kier molecular flexibility index (Phi) is 2.68. The molecule has 1 rings (SSSR count). The van der Waals surface area contributed by atoms with Crippen molar-refractivity contribution in [1.29, 1.82) is 0 Å². The predicted octanol–water partition coefficient (Wildman–Crippen LogP) is 3.31. The van der Waals surface area contributed by atoms with Crippen LogP contribution in [0.15, 0.2) is 22.7 Å². The Morgan fingerprint density at radius 1 is 1.40 bits per heavy atom. The van der Waals surface area contributed by atoms with E-state index in [0.29, 0.717) is 10.2 Å². The Hall–Kier alpha value is -0.0900. The molecule has 10 heavy (non-hydrogen) atoms. The van der Waals surface area contributed by atoms with Crippen molar-refractivity contribution in [3.05, 3.63) is 28.5 Å². The summed E-state index contributed by atoms with van der Waals surface area (Å²) in [5.74, 6) is -0.274. The lowest BCUT2D eigenvalue weighted by molar-refractivity contribution is 0.622. The van der Waals surface area contributed by atoms with Gasteiger partial charge in [0, 0.05) is 21.8 Å². The summed E-state index contributed by atoms with van der Waals surface area (Å²) in [6, 6.07) is 4.78. The topological polar surface area (TPSA) is 12.0 Å². The zero-order chi connectivity index (χ0) is 7.56. The van der Waals surface area contributed by atoms with Crippen LogP contribution in [-0.4, -0.2) is 0 Å². The van der Waals surface area contributed by atoms with Crippen LogP contribution in [0.2, 0.25) is 0 Å². The standard InChI is InChI=1S/C6H4Br2FN/c7-5-2-1-4(10-8)3-6(5)9/h1-3,10H. The molecule has 1 aromatic rings. The van der Waals surface area contributed by atoms with Gasteiger partial charge in [-0.25, -0.2) is 4.39 Å². The summed E-state index contributed by atoms with van der Waals surface area (Å²) in [6.45, 7) is 0. The van der Waals surface area contributed by atoms with Crippen LogP contribution in [0, 0.1) is 5.82 Å². The fourth-order valence-corrected chi connectivity index (χ4v) is 1.05. The quantitative estimate of drug-likeness (QED) is 0.771. The molecular weight excluding hydrogens is 265 g/mol. The Morgan fingerprint density at radius 2 is 2.10 bits per heavy atom. The van der Waals surface area contributed by atoms with Crippen LogP contribution < -0.4 is 4.34 Å². The number of nitrogens with one attached hydrogen (secondary N) is 1. The number of hydrogen-bond acceptors (Lipinski definition) is 1. The van der Waals surface area contributed by atoms with E-state index in [1.165, 1.54) is 6.07 Å². The Morgan fingerprint density at radius 3 is 2.60 bits per heavy atom. The summed E-state index contributed by atoms with van der Waals surface area (Å²) in [5, 5.41) is 0. The fraction of sp³-hybridized carbons (Fsp3) is 0. The van der Waals surface area contributed by atoms with Crippen molar-refractivity contribution < 1.29 is 4.39 Å². The summed E-state index contributed by atoms with van der Waals surface area (Å²) in [4.78, 5) is 0. The molecule has 0 spiro atoms. The molecule has 0 unspecified atom stereocenters. The highest BCUT2D eigenvalue weighted by Crippen LogP contribution is 2.19. The zero-order valence-electron chi connectivity index (χ0n) is 4.87. The first-order valence-corrected chi connectivity index (χ1v) is 4.14. The van der Waals surface area contributed by atoms with Gasteiger partial charge < -0.3 is 4.34 Å². The molecule has 0 radical (unpaired) electrons. The van der Waals surface area contributed by atoms with E-state index >= 15 is 0 Å². The van der Waals surface area contributed by atoms with Gasteiger partial charge in [-0.05, 0) is 34.1 Å². The maximum Gasteiger partial charge on any atom is 0.139 e. The third kappa shape index (κ3) is 1.70. The molecule has 0 aliphatic carbocycles. The van der Waals surface area contributed by atoms with Crippen LogP contribution in [0.3, 0.4) is 0 Å². The predicted molar refractivity (Wildman–Crippen MR) is 46.6 cm³/mol. The van der Waals surface area contributed by atoms with Crippen LogP contribution >= 0.6 is 32.1 Å². The second kappa shape index (κ2) is 3.34. The van der Waals surface area contributed by atoms with Gasteiger partial charge in [-0.15, -0.1) is 0 Å². The highest BCUT2D eigenvalue weighted by atomic mass is 79.9. The lowest BCUT2D eigenvalue weighted by Crippen LogP contribution is -1.81. The van der Waals surface area contributed by atoms with Crippen LogP contribution in [-0.2, 0) is 0 Å². The number of halogens is 3. The van der Waals surface area contributed by atoms with Gasteiger partial charge in [-0.3, -0.25) is 0 Å². The van der Waals surface area contributed by atoms with Gasteiger partial charge in [-0.2, -0.15) is 0 Å². The first-order valence-electron chi connectivity index (χ1n) is 2.55. The zero-order valence-corrected chi connectivity index (χ0v) is 8.04. The van der Waals surface area contributed by atoms with E-state index in [-0.39, 0.29) is 5.82 Å². The molecule has 4 heteroatoms. The second-order valence-electron chi connectivity index (χ2n) is 1.72. The number of hydrogen-bond donors (Lipinski definition) is 1. The van der Waals surface area contributed by atoms with Gasteiger partial charge in [-0.1, -0.05) is 0 Å². The van der Waals surface area contributed by atoms with Gasteiger partial charge in [0.05, 0.1) is 4.47 Å². The van der Waals surface area contributed by atoms with E-state index in [2.05, 4.69) is 36.4 Å². The molecule has 0 amide bonds. The van der Waals surface area contributed by atoms with E-state index < -0.39 is 0 Å². The van der Waals surface area contributed by atoms with Crippen molar-refractivity contribution in [2.75, 3.05) is 4.34 Å². The van der Waals surface area contributed by atoms with Crippen molar-refractivity contribution in [2.45, 2.75) is 0 Å². The largest absolute Gasteiger partial charge is 0.322 e. The third-order valence-electron chi connectivity index (χ3n) is 1.03. The molecule has 0 saturated heterocycles. The summed E-state index contributed by atoms with van der Waals surface area (Å²) in [7, 11) is 0. The molecule has 54 valence electrons. The Balaban J connectivity index is 3.04. The first kappa shape index (κ1) is 8.01. The molecule has 0 aliphatic heterocycles. The van der Waals surface area contributed by atoms with Gasteiger partial charge in [0.1, 0.15) is 5.82 Å². The minimum absolute atomic E-state index is 0.274. The van der Waals surface area contributed by atoms with E-state index in [1.807, 2.05) is 0 Å². The lowest BCUT2D eigenvalue weighted by Gasteiger charge is -1.97. The Bertz CT molecular complexity index is 239. The average molecular weight is 269 g/mol. The molecule has 0 aliphatic rings. The van der Waals surface area contributed by atoms with Crippen molar-refractivity contribution in [3.8, 4) is 0 Å². The Labute approximate surface area is 75.1 Å². The molecule has 0 saturated carbocycles. The van der Waals surface area contributed by atoms with Gasteiger partial charge >= 0.3 is 0 Å². The van der Waals surface area contributed by atoms with Gasteiger partial charge in [0.25, 0.3) is 0 Å². The summed E-state index contributed by atoms with van der Waals surface area (Å²) >= 11 is 6.02. The SMILES string of the molecule is Fc1cc(NBr)ccc1Br. The molecule has 0 bridgehead atoms. The molecule has 0 fully saturated rings. The molecule has 0 atom stereocenters. The molecule has 0 aromatic heterocycles. The van der Waals surface area contributed by atoms with Gasteiger partial charge in [0.2, 0.25) is 0 Å². The van der Waals surface area contributed by atoms with Crippen molar-refractivity contribution in [2.24, 2.45) is 0 Å². The molecule has 0 heterocycles. The van der Waals surface area contributed by atoms with Crippen LogP contribution in [0.5, 0.6) is 0 Å². The maximum atomic E-state index is 12.7. The summed E-state index contributed by atoms with van der Waals surface area (Å²) in [5.41, 5.74) is 0.695. The minimum Gasteiger partial charge on any atom is -0.322 e. The highest BCUT2D eigenvalue weighted by Gasteiger charge is 1.97. The second-order valence-corrected chi connectivity index (χ2v) is 2.97. The number of anilines is 1. The lowest BCUT2D eigenvalue weighted by atomic mass is 10.3. The smallest absolute Gasteiger partial charge is 0.139 e. The van der Waals surface area contributed by atoms with Crippen molar-refractivity contribution >= 4 is 37.8 Å². The van der Waals surface area contributed by atoms with E-state index in [9.17, 15) is 4.39 Å². The molecular formula is C6H4Br2FN. The summed E-state index contributed by atoms with van der Waals surface area (Å²) in [6.07, 6.45) is 0. The fourth-order valence-electron chi connectivity index (χ4n) is 0.555. The van der Waals surface area contributed by atoms with E-state index in [1.54, 1.807) is 12.1 Å². The number of rotatable bonds is 1. The molecule has 1 N–H and O–H groups in total. The highest BCUT2D eigenvalue weighted by molar-refractivity contribution is 9.10. The van der Waals surface area contributed by atoms with Crippen LogP contribution in [0.1, 0.15) is 0 Å². The van der Waals surface area contributed by atoms with Crippen molar-refractivity contribution in [1.82, 2.24) is 0 Å². The normalized spacial score (nSPS) is 9.50. The van der Waals surface area contributed by atoms with Crippen LogP contribution in [0.25, 0.3) is 0 Å². The molecule has 1 nitrogen and oxygen atoms in total. The summed E-state index contributed by atoms with van der Waals surface area (Å²) < 4.78 is 15.8. The van der Waals surface area contributed by atoms with E-state index in [4.69, 9.17) is 0 Å². The van der Waals surface area contributed by atoms with Crippen LogP contribution in [0.4, 0.5) is 10.1 Å². The monoisotopic (exact) mass is 267 g/mol. The van der Waals surface area contributed by atoms with Crippen molar-refractivity contribution in [3.63, 3.8) is 0 Å². The maximum absolute atomic E-state index is 12.7. The molecule has 1 aromatic carbocycles. The third-order valence-corrected chi connectivity index (χ3v) is 2.13. The minimum atomic E-state index is -0.274. The average Bonchev–Trinajstić information content (AvgIpc) is 1.95.